The normalized spacial score (nSPS) is 13.2. The van der Waals surface area contributed by atoms with Gasteiger partial charge in [-0.05, 0) is 48.2 Å². The second kappa shape index (κ2) is 6.95. The van der Waals surface area contributed by atoms with Crippen molar-refractivity contribution in [3.63, 3.8) is 0 Å². The molecule has 0 aliphatic carbocycles. The summed E-state index contributed by atoms with van der Waals surface area (Å²) in [5.74, 6) is 0.375. The number of benzene rings is 2. The van der Waals surface area contributed by atoms with Crippen molar-refractivity contribution < 1.29 is 19.4 Å². The van der Waals surface area contributed by atoms with Crippen molar-refractivity contribution in [2.24, 2.45) is 0 Å². The number of hydrogen-bond donors (Lipinski definition) is 1. The van der Waals surface area contributed by atoms with Crippen molar-refractivity contribution in [3.05, 3.63) is 58.7 Å². The molecule has 4 heteroatoms. The van der Waals surface area contributed by atoms with Crippen molar-refractivity contribution >= 4 is 5.97 Å². The number of ether oxygens (including phenoxy) is 2. The van der Waals surface area contributed by atoms with Gasteiger partial charge in [0, 0.05) is 5.41 Å². The molecule has 2 rings (SSSR count). The zero-order valence-electron chi connectivity index (χ0n) is 14.8. The molecular formula is C20H24O4. The first-order valence-electron chi connectivity index (χ1n) is 7.84. The Balaban J connectivity index is 2.63. The molecule has 1 atom stereocenters. The fourth-order valence-electron chi connectivity index (χ4n) is 2.94. The Morgan fingerprint density at radius 3 is 2.08 bits per heavy atom. The van der Waals surface area contributed by atoms with Gasteiger partial charge in [0.1, 0.15) is 0 Å². The van der Waals surface area contributed by atoms with Crippen molar-refractivity contribution in [2.45, 2.75) is 32.6 Å². The van der Waals surface area contributed by atoms with Crippen molar-refractivity contribution in [1.82, 2.24) is 0 Å². The maximum Gasteiger partial charge on any atom is 0.304 e. The average Bonchev–Trinajstić information content (AvgIpc) is 2.55. The molecule has 128 valence electrons. The highest BCUT2D eigenvalue weighted by atomic mass is 16.5. The highest BCUT2D eigenvalue weighted by Gasteiger charge is 2.33. The van der Waals surface area contributed by atoms with E-state index in [0.717, 1.165) is 16.7 Å². The summed E-state index contributed by atoms with van der Waals surface area (Å²) in [5.41, 5.74) is 3.52. The number of methoxy groups -OCH3 is 2. The Morgan fingerprint density at radius 1 is 0.958 bits per heavy atom. The van der Waals surface area contributed by atoms with Gasteiger partial charge >= 0.3 is 5.97 Å². The van der Waals surface area contributed by atoms with Gasteiger partial charge in [-0.25, -0.2) is 0 Å². The Bertz CT molecular complexity index is 751. The Hall–Kier alpha value is -2.49. The first kappa shape index (κ1) is 17.9. The van der Waals surface area contributed by atoms with Crippen LogP contribution in [0.15, 0.2) is 36.4 Å². The summed E-state index contributed by atoms with van der Waals surface area (Å²) >= 11 is 0. The Labute approximate surface area is 143 Å². The summed E-state index contributed by atoms with van der Waals surface area (Å²) < 4.78 is 10.7. The molecule has 0 saturated carbocycles. The highest BCUT2D eigenvalue weighted by Crippen LogP contribution is 2.40. The van der Waals surface area contributed by atoms with E-state index in [-0.39, 0.29) is 6.42 Å². The van der Waals surface area contributed by atoms with Crippen LogP contribution in [-0.4, -0.2) is 25.3 Å². The number of carboxylic acids is 1. The minimum absolute atomic E-state index is 0.00894. The molecule has 4 nitrogen and oxygen atoms in total. The maximum absolute atomic E-state index is 11.5. The lowest BCUT2D eigenvalue weighted by molar-refractivity contribution is -0.138. The highest BCUT2D eigenvalue weighted by molar-refractivity contribution is 5.71. The molecular weight excluding hydrogens is 304 g/mol. The van der Waals surface area contributed by atoms with E-state index in [9.17, 15) is 9.90 Å². The number of carboxylic acid groups (broad SMARTS) is 1. The second-order valence-electron chi connectivity index (χ2n) is 6.27. The molecule has 2 aromatic carbocycles. The van der Waals surface area contributed by atoms with Gasteiger partial charge < -0.3 is 14.6 Å². The van der Waals surface area contributed by atoms with Crippen LogP contribution in [0.2, 0.25) is 0 Å². The minimum atomic E-state index is -0.842. The van der Waals surface area contributed by atoms with Crippen molar-refractivity contribution in [2.75, 3.05) is 14.2 Å². The molecule has 0 aliphatic heterocycles. The zero-order valence-corrected chi connectivity index (χ0v) is 14.8. The van der Waals surface area contributed by atoms with Gasteiger partial charge in [0.2, 0.25) is 0 Å². The summed E-state index contributed by atoms with van der Waals surface area (Å²) in [5, 5.41) is 9.47. The largest absolute Gasteiger partial charge is 0.493 e. The molecule has 24 heavy (non-hydrogen) atoms. The van der Waals surface area contributed by atoms with Crippen LogP contribution in [0.5, 0.6) is 11.5 Å². The van der Waals surface area contributed by atoms with E-state index in [1.807, 2.05) is 51.1 Å². The Kier molecular flexibility index (Phi) is 5.17. The van der Waals surface area contributed by atoms with Gasteiger partial charge in [-0.15, -0.1) is 0 Å². The number of aliphatic carboxylic acids is 1. The molecule has 0 fully saturated rings. The van der Waals surface area contributed by atoms with Gasteiger partial charge in [-0.3, -0.25) is 4.79 Å². The van der Waals surface area contributed by atoms with E-state index < -0.39 is 11.4 Å². The molecule has 0 aliphatic rings. The van der Waals surface area contributed by atoms with Gasteiger partial charge in [-0.1, -0.05) is 31.2 Å². The van der Waals surface area contributed by atoms with Crippen molar-refractivity contribution in [3.8, 4) is 11.5 Å². The topological polar surface area (TPSA) is 55.8 Å². The lowest BCUT2D eigenvalue weighted by Gasteiger charge is -2.30. The molecule has 0 amide bonds. The summed E-state index contributed by atoms with van der Waals surface area (Å²) in [4.78, 5) is 11.5. The fraction of sp³-hybridized carbons (Fsp3) is 0.350. The van der Waals surface area contributed by atoms with Crippen LogP contribution in [0.4, 0.5) is 0 Å². The zero-order chi connectivity index (χ0) is 17.9. The predicted octanol–water partition coefficient (Wildman–Crippen LogP) is 4.10. The SMILES string of the molecule is COc1ccc(C(C)(CC(=O)O)c2ccc(C)c(C)c2)cc1OC. The Morgan fingerprint density at radius 2 is 1.54 bits per heavy atom. The molecule has 0 bridgehead atoms. The number of hydrogen-bond acceptors (Lipinski definition) is 3. The molecule has 0 spiro atoms. The van der Waals surface area contributed by atoms with E-state index in [0.29, 0.717) is 11.5 Å². The molecule has 0 radical (unpaired) electrons. The van der Waals surface area contributed by atoms with Gasteiger partial charge in [0.25, 0.3) is 0 Å². The van der Waals surface area contributed by atoms with E-state index in [4.69, 9.17) is 9.47 Å². The number of rotatable bonds is 6. The molecule has 0 saturated heterocycles. The molecule has 0 heterocycles. The van der Waals surface area contributed by atoms with Crippen LogP contribution in [0.3, 0.4) is 0 Å². The molecule has 0 aromatic heterocycles. The van der Waals surface area contributed by atoms with Crippen LogP contribution in [0.1, 0.15) is 35.6 Å². The standard InChI is InChI=1S/C20H24O4/c1-13-6-7-15(10-14(13)2)20(3,12-19(21)22)16-8-9-17(23-4)18(11-16)24-5/h6-11H,12H2,1-5H3,(H,21,22). The molecule has 1 unspecified atom stereocenters. The molecule has 2 aromatic rings. The number of aryl methyl sites for hydroxylation is 2. The third-order valence-electron chi connectivity index (χ3n) is 4.67. The summed E-state index contributed by atoms with van der Waals surface area (Å²) in [6.07, 6.45) is -0.00894. The molecule has 1 N–H and O–H groups in total. The smallest absolute Gasteiger partial charge is 0.304 e. The quantitative estimate of drug-likeness (QED) is 0.867. The van der Waals surface area contributed by atoms with Gasteiger partial charge in [-0.2, -0.15) is 0 Å². The van der Waals surface area contributed by atoms with Crippen LogP contribution < -0.4 is 9.47 Å². The van der Waals surface area contributed by atoms with Crippen LogP contribution in [0.25, 0.3) is 0 Å². The minimum Gasteiger partial charge on any atom is -0.493 e. The second-order valence-corrected chi connectivity index (χ2v) is 6.27. The maximum atomic E-state index is 11.5. The number of carbonyl (C=O) groups is 1. The first-order chi connectivity index (χ1) is 11.3. The summed E-state index contributed by atoms with van der Waals surface area (Å²) in [7, 11) is 3.16. The lowest BCUT2D eigenvalue weighted by atomic mass is 9.73. The summed E-state index contributed by atoms with van der Waals surface area (Å²) in [6.45, 7) is 6.03. The summed E-state index contributed by atoms with van der Waals surface area (Å²) in [6, 6.07) is 11.7. The first-order valence-corrected chi connectivity index (χ1v) is 7.84. The monoisotopic (exact) mass is 328 g/mol. The van der Waals surface area contributed by atoms with Crippen molar-refractivity contribution in [1.29, 1.82) is 0 Å². The third kappa shape index (κ3) is 3.37. The average molecular weight is 328 g/mol. The van der Waals surface area contributed by atoms with E-state index >= 15 is 0 Å². The lowest BCUT2D eigenvalue weighted by Crippen LogP contribution is -2.27. The van der Waals surface area contributed by atoms with E-state index in [1.54, 1.807) is 14.2 Å². The van der Waals surface area contributed by atoms with Gasteiger partial charge in [0.05, 0.1) is 20.6 Å². The van der Waals surface area contributed by atoms with E-state index in [2.05, 4.69) is 6.07 Å². The third-order valence-corrected chi connectivity index (χ3v) is 4.67. The van der Waals surface area contributed by atoms with Crippen LogP contribution >= 0.6 is 0 Å². The van der Waals surface area contributed by atoms with Crippen LogP contribution in [-0.2, 0) is 10.2 Å². The van der Waals surface area contributed by atoms with Crippen LogP contribution in [0, 0.1) is 13.8 Å². The van der Waals surface area contributed by atoms with E-state index in [1.165, 1.54) is 5.56 Å². The fourth-order valence-corrected chi connectivity index (χ4v) is 2.94. The predicted molar refractivity (Wildman–Crippen MR) is 94.2 cm³/mol. The van der Waals surface area contributed by atoms with Gasteiger partial charge in [0.15, 0.2) is 11.5 Å².